The Morgan fingerprint density at radius 2 is 2.00 bits per heavy atom. The number of ether oxygens (including phenoxy) is 2. The molecule has 0 fully saturated rings. The van der Waals surface area contributed by atoms with Crippen LogP contribution in [0.4, 0.5) is 0 Å². The molecule has 0 unspecified atom stereocenters. The zero-order chi connectivity index (χ0) is 17.5. The molecular weight excluding hydrogens is 310 g/mol. The van der Waals surface area contributed by atoms with Gasteiger partial charge < -0.3 is 18.8 Å². The summed E-state index contributed by atoms with van der Waals surface area (Å²) >= 11 is 0. The molecule has 0 aliphatic rings. The minimum atomic E-state index is -0.189. The Morgan fingerprint density at radius 3 is 2.62 bits per heavy atom. The van der Waals surface area contributed by atoms with E-state index < -0.39 is 0 Å². The van der Waals surface area contributed by atoms with E-state index >= 15 is 0 Å². The highest BCUT2D eigenvalue weighted by atomic mass is 16.5. The van der Waals surface area contributed by atoms with Crippen LogP contribution >= 0.6 is 0 Å². The van der Waals surface area contributed by atoms with Crippen LogP contribution in [0.15, 0.2) is 34.7 Å². The zero-order valence-electron chi connectivity index (χ0n) is 14.1. The van der Waals surface area contributed by atoms with Gasteiger partial charge in [-0.05, 0) is 44.2 Å². The molecule has 0 saturated heterocycles. The van der Waals surface area contributed by atoms with Crippen molar-refractivity contribution in [1.82, 2.24) is 4.90 Å². The van der Waals surface area contributed by atoms with E-state index in [1.54, 1.807) is 25.2 Å². The number of aryl methyl sites for hydroxylation is 1. The Bertz CT molecular complexity index is 707. The first-order valence-corrected chi connectivity index (χ1v) is 7.67. The minimum Gasteiger partial charge on any atom is -0.490 e. The molecule has 6 nitrogen and oxygen atoms in total. The van der Waals surface area contributed by atoms with Crippen molar-refractivity contribution in [3.8, 4) is 11.5 Å². The fourth-order valence-electron chi connectivity index (χ4n) is 2.13. The van der Waals surface area contributed by atoms with E-state index in [0.29, 0.717) is 36.0 Å². The third kappa shape index (κ3) is 4.62. The molecule has 24 heavy (non-hydrogen) atoms. The van der Waals surface area contributed by atoms with Crippen LogP contribution in [0, 0.1) is 6.92 Å². The predicted molar refractivity (Wildman–Crippen MR) is 88.4 cm³/mol. The van der Waals surface area contributed by atoms with Gasteiger partial charge in [0.25, 0.3) is 5.91 Å². The summed E-state index contributed by atoms with van der Waals surface area (Å²) < 4.78 is 16.5. The van der Waals surface area contributed by atoms with Gasteiger partial charge in [-0.15, -0.1) is 0 Å². The maximum absolute atomic E-state index is 12.2. The first-order valence-electron chi connectivity index (χ1n) is 7.67. The van der Waals surface area contributed by atoms with Gasteiger partial charge in [-0.25, -0.2) is 0 Å². The number of aldehydes is 1. The SMILES string of the molecule is CCOc1cc(C=O)ccc1OCC(=O)N(C)Cc1ccc(C)o1. The molecule has 0 bridgehead atoms. The van der Waals surface area contributed by atoms with Crippen molar-refractivity contribution in [2.45, 2.75) is 20.4 Å². The van der Waals surface area contributed by atoms with Crippen LogP contribution < -0.4 is 9.47 Å². The largest absolute Gasteiger partial charge is 0.490 e. The number of furan rings is 1. The molecule has 1 heterocycles. The van der Waals surface area contributed by atoms with Crippen LogP contribution in [0.1, 0.15) is 28.8 Å². The van der Waals surface area contributed by atoms with Crippen LogP contribution in [0.25, 0.3) is 0 Å². The molecule has 0 atom stereocenters. The van der Waals surface area contributed by atoms with Crippen LogP contribution in [0.5, 0.6) is 11.5 Å². The lowest BCUT2D eigenvalue weighted by atomic mass is 10.2. The number of nitrogens with zero attached hydrogens (tertiary/aromatic N) is 1. The molecular formula is C18H21NO5. The number of likely N-dealkylation sites (N-methyl/N-ethyl adjacent to an activating group) is 1. The Labute approximate surface area is 141 Å². The lowest BCUT2D eigenvalue weighted by Crippen LogP contribution is -2.30. The standard InChI is InChI=1S/C18H21NO5/c1-4-22-17-9-14(11-20)6-8-16(17)23-12-18(21)19(3)10-15-7-5-13(2)24-15/h5-9,11H,4,10,12H2,1-3H3. The summed E-state index contributed by atoms with van der Waals surface area (Å²) in [5, 5.41) is 0. The highest BCUT2D eigenvalue weighted by Crippen LogP contribution is 2.28. The smallest absolute Gasteiger partial charge is 0.260 e. The van der Waals surface area contributed by atoms with Crippen molar-refractivity contribution in [2.75, 3.05) is 20.3 Å². The van der Waals surface area contributed by atoms with Crippen molar-refractivity contribution >= 4 is 12.2 Å². The van der Waals surface area contributed by atoms with Gasteiger partial charge in [-0.3, -0.25) is 9.59 Å². The van der Waals surface area contributed by atoms with E-state index in [-0.39, 0.29) is 12.5 Å². The molecule has 0 radical (unpaired) electrons. The number of hydrogen-bond acceptors (Lipinski definition) is 5. The lowest BCUT2D eigenvalue weighted by molar-refractivity contribution is -0.132. The number of benzene rings is 1. The van der Waals surface area contributed by atoms with Gasteiger partial charge in [0.05, 0.1) is 13.2 Å². The van der Waals surface area contributed by atoms with Crippen LogP contribution in [-0.2, 0) is 11.3 Å². The molecule has 6 heteroatoms. The van der Waals surface area contributed by atoms with Crippen LogP contribution in [0.3, 0.4) is 0 Å². The minimum absolute atomic E-state index is 0.128. The average molecular weight is 331 g/mol. The first kappa shape index (κ1) is 17.6. The monoisotopic (exact) mass is 331 g/mol. The molecule has 128 valence electrons. The number of carbonyl (C=O) groups excluding carboxylic acids is 2. The van der Waals surface area contributed by atoms with E-state index in [1.165, 1.54) is 4.90 Å². The van der Waals surface area contributed by atoms with Crippen LogP contribution in [0.2, 0.25) is 0 Å². The predicted octanol–water partition coefficient (Wildman–Crippen LogP) is 2.84. The molecule has 0 spiro atoms. The van der Waals surface area contributed by atoms with Gasteiger partial charge in [0.1, 0.15) is 17.8 Å². The summed E-state index contributed by atoms with van der Waals surface area (Å²) in [6, 6.07) is 8.52. The third-order valence-corrected chi connectivity index (χ3v) is 3.37. The maximum atomic E-state index is 12.2. The van der Waals surface area contributed by atoms with Crippen LogP contribution in [-0.4, -0.2) is 37.4 Å². The van der Waals surface area contributed by atoms with E-state index in [1.807, 2.05) is 26.0 Å². The van der Waals surface area contributed by atoms with E-state index in [2.05, 4.69) is 0 Å². The second-order valence-corrected chi connectivity index (χ2v) is 5.31. The second kappa shape index (κ2) is 8.19. The summed E-state index contributed by atoms with van der Waals surface area (Å²) in [6.45, 7) is 4.37. The lowest BCUT2D eigenvalue weighted by Gasteiger charge is -2.17. The summed E-state index contributed by atoms with van der Waals surface area (Å²) in [4.78, 5) is 24.5. The number of amides is 1. The molecule has 0 aliphatic heterocycles. The van der Waals surface area contributed by atoms with E-state index in [9.17, 15) is 9.59 Å². The van der Waals surface area contributed by atoms with Crippen molar-refractivity contribution in [2.24, 2.45) is 0 Å². The maximum Gasteiger partial charge on any atom is 0.260 e. The number of hydrogen-bond donors (Lipinski definition) is 0. The van der Waals surface area contributed by atoms with E-state index in [4.69, 9.17) is 13.9 Å². The van der Waals surface area contributed by atoms with Gasteiger partial charge in [0, 0.05) is 12.6 Å². The summed E-state index contributed by atoms with van der Waals surface area (Å²) in [5.41, 5.74) is 0.488. The normalized spacial score (nSPS) is 10.3. The first-order chi connectivity index (χ1) is 11.5. The number of rotatable bonds is 8. The summed E-state index contributed by atoms with van der Waals surface area (Å²) in [7, 11) is 1.68. The fraction of sp³-hybridized carbons (Fsp3) is 0.333. The van der Waals surface area contributed by atoms with Crippen molar-refractivity contribution < 1.29 is 23.5 Å². The Hall–Kier alpha value is -2.76. The van der Waals surface area contributed by atoms with Gasteiger partial charge in [0.2, 0.25) is 0 Å². The number of carbonyl (C=O) groups is 2. The zero-order valence-corrected chi connectivity index (χ0v) is 14.1. The Kier molecular flexibility index (Phi) is 6.01. The molecule has 1 amide bonds. The average Bonchev–Trinajstić information content (AvgIpc) is 2.98. The van der Waals surface area contributed by atoms with Crippen molar-refractivity contribution in [1.29, 1.82) is 0 Å². The molecule has 2 rings (SSSR count). The quantitative estimate of drug-likeness (QED) is 0.696. The topological polar surface area (TPSA) is 69.0 Å². The van der Waals surface area contributed by atoms with Gasteiger partial charge in [-0.1, -0.05) is 0 Å². The third-order valence-electron chi connectivity index (χ3n) is 3.37. The second-order valence-electron chi connectivity index (χ2n) is 5.31. The molecule has 0 aliphatic carbocycles. The Balaban J connectivity index is 1.96. The van der Waals surface area contributed by atoms with Crippen molar-refractivity contribution in [3.05, 3.63) is 47.4 Å². The molecule has 1 aromatic carbocycles. The summed E-state index contributed by atoms with van der Waals surface area (Å²) in [5.74, 6) is 2.20. The molecule has 0 N–H and O–H groups in total. The highest BCUT2D eigenvalue weighted by molar-refractivity contribution is 5.78. The van der Waals surface area contributed by atoms with E-state index in [0.717, 1.165) is 12.0 Å². The van der Waals surface area contributed by atoms with Crippen molar-refractivity contribution in [3.63, 3.8) is 0 Å². The molecule has 2 aromatic rings. The molecule has 0 saturated carbocycles. The van der Waals surface area contributed by atoms with Gasteiger partial charge in [0.15, 0.2) is 18.1 Å². The summed E-state index contributed by atoms with van der Waals surface area (Å²) in [6.07, 6.45) is 0.733. The Morgan fingerprint density at radius 1 is 1.21 bits per heavy atom. The molecule has 1 aromatic heterocycles. The van der Waals surface area contributed by atoms with Gasteiger partial charge in [-0.2, -0.15) is 0 Å². The highest BCUT2D eigenvalue weighted by Gasteiger charge is 2.14. The van der Waals surface area contributed by atoms with Gasteiger partial charge >= 0.3 is 0 Å². The fourth-order valence-corrected chi connectivity index (χ4v) is 2.13.